The second kappa shape index (κ2) is 6.86. The molecule has 2 unspecified atom stereocenters. The highest BCUT2D eigenvalue weighted by Crippen LogP contribution is 2.20. The van der Waals surface area contributed by atoms with E-state index in [0.29, 0.717) is 11.5 Å². The maximum atomic E-state index is 11.4. The van der Waals surface area contributed by atoms with E-state index in [4.69, 9.17) is 10.5 Å². The topological polar surface area (TPSA) is 55.6 Å². The van der Waals surface area contributed by atoms with Crippen molar-refractivity contribution in [3.8, 4) is 0 Å². The van der Waals surface area contributed by atoms with Crippen LogP contribution in [0.4, 0.5) is 0 Å². The average molecular weight is 276 g/mol. The zero-order valence-electron chi connectivity index (χ0n) is 12.3. The molecular formula is C16H24N2O2. The van der Waals surface area contributed by atoms with E-state index in [1.807, 2.05) is 24.3 Å². The Morgan fingerprint density at radius 3 is 2.75 bits per heavy atom. The van der Waals surface area contributed by atoms with Crippen LogP contribution >= 0.6 is 0 Å². The number of hydrogen-bond donors (Lipinski definition) is 1. The Bertz CT molecular complexity index is 442. The second-order valence-corrected chi connectivity index (χ2v) is 5.69. The Labute approximate surface area is 120 Å². The minimum Gasteiger partial charge on any atom is -0.465 e. The summed E-state index contributed by atoms with van der Waals surface area (Å²) in [6, 6.07) is 7.92. The van der Waals surface area contributed by atoms with Gasteiger partial charge < -0.3 is 10.5 Å². The monoisotopic (exact) mass is 276 g/mol. The molecule has 2 N–H and O–H groups in total. The fraction of sp³-hybridized carbons (Fsp3) is 0.562. The summed E-state index contributed by atoms with van der Waals surface area (Å²) in [5.41, 5.74) is 7.84. The molecule has 0 amide bonds. The Balaban J connectivity index is 1.94. The lowest BCUT2D eigenvalue weighted by molar-refractivity contribution is 0.0600. The number of hydrogen-bond acceptors (Lipinski definition) is 4. The lowest BCUT2D eigenvalue weighted by Gasteiger charge is -2.34. The molecule has 1 aliphatic heterocycles. The first-order valence-corrected chi connectivity index (χ1v) is 7.25. The molecular weight excluding hydrogens is 252 g/mol. The first-order valence-electron chi connectivity index (χ1n) is 7.25. The van der Waals surface area contributed by atoms with Gasteiger partial charge in [-0.1, -0.05) is 12.1 Å². The van der Waals surface area contributed by atoms with Crippen molar-refractivity contribution in [1.82, 2.24) is 4.90 Å². The summed E-state index contributed by atoms with van der Waals surface area (Å²) < 4.78 is 4.70. The standard InChI is InChI=1S/C16H24N2O2/c1-12(17)15-4-3-9-18(11-15)10-13-5-7-14(8-6-13)16(19)20-2/h5-8,12,15H,3-4,9-11,17H2,1-2H3. The van der Waals surface area contributed by atoms with E-state index in [-0.39, 0.29) is 12.0 Å². The number of nitrogens with two attached hydrogens (primary N) is 1. The molecule has 1 aliphatic rings. The predicted molar refractivity (Wildman–Crippen MR) is 79.4 cm³/mol. The number of carbonyl (C=O) groups excluding carboxylic acids is 1. The van der Waals surface area contributed by atoms with Crippen LogP contribution in [-0.4, -0.2) is 37.1 Å². The SMILES string of the molecule is COC(=O)c1ccc(CN2CCCC(C(C)N)C2)cc1. The molecule has 1 heterocycles. The van der Waals surface area contributed by atoms with E-state index >= 15 is 0 Å². The molecule has 4 nitrogen and oxygen atoms in total. The van der Waals surface area contributed by atoms with Gasteiger partial charge >= 0.3 is 5.97 Å². The van der Waals surface area contributed by atoms with E-state index < -0.39 is 0 Å². The van der Waals surface area contributed by atoms with Gasteiger partial charge in [-0.3, -0.25) is 4.90 Å². The largest absolute Gasteiger partial charge is 0.465 e. The number of benzene rings is 1. The molecule has 4 heteroatoms. The number of rotatable bonds is 4. The molecule has 0 bridgehead atoms. The summed E-state index contributed by atoms with van der Waals surface area (Å²) in [6.07, 6.45) is 2.45. The summed E-state index contributed by atoms with van der Waals surface area (Å²) in [5.74, 6) is 0.310. The average Bonchev–Trinajstić information content (AvgIpc) is 2.47. The summed E-state index contributed by atoms with van der Waals surface area (Å²) in [7, 11) is 1.40. The highest BCUT2D eigenvalue weighted by atomic mass is 16.5. The number of methoxy groups -OCH3 is 1. The van der Waals surface area contributed by atoms with Crippen molar-refractivity contribution >= 4 is 5.97 Å². The van der Waals surface area contributed by atoms with Crippen molar-refractivity contribution in [2.75, 3.05) is 20.2 Å². The molecule has 1 aromatic carbocycles. The van der Waals surface area contributed by atoms with Gasteiger partial charge in [-0.25, -0.2) is 4.79 Å². The van der Waals surface area contributed by atoms with Gasteiger partial charge in [0.2, 0.25) is 0 Å². The van der Waals surface area contributed by atoms with Gasteiger partial charge in [-0.05, 0) is 49.9 Å². The Morgan fingerprint density at radius 2 is 2.15 bits per heavy atom. The number of ether oxygens (including phenoxy) is 1. The van der Waals surface area contributed by atoms with E-state index in [2.05, 4.69) is 11.8 Å². The minimum absolute atomic E-state index is 0.263. The quantitative estimate of drug-likeness (QED) is 0.855. The molecule has 0 aromatic heterocycles. The van der Waals surface area contributed by atoms with Gasteiger partial charge in [0.25, 0.3) is 0 Å². The van der Waals surface area contributed by atoms with Gasteiger partial charge in [0.05, 0.1) is 12.7 Å². The Hall–Kier alpha value is -1.39. The fourth-order valence-electron chi connectivity index (χ4n) is 2.79. The maximum Gasteiger partial charge on any atom is 0.337 e. The van der Waals surface area contributed by atoms with E-state index in [1.54, 1.807) is 0 Å². The number of carbonyl (C=O) groups is 1. The number of esters is 1. The van der Waals surface area contributed by atoms with E-state index in [1.165, 1.54) is 25.5 Å². The van der Waals surface area contributed by atoms with Crippen LogP contribution in [0.5, 0.6) is 0 Å². The van der Waals surface area contributed by atoms with Crippen molar-refractivity contribution in [2.24, 2.45) is 11.7 Å². The molecule has 1 aromatic rings. The zero-order valence-corrected chi connectivity index (χ0v) is 12.3. The van der Waals surface area contributed by atoms with Crippen LogP contribution in [0.3, 0.4) is 0 Å². The summed E-state index contributed by atoms with van der Waals surface area (Å²) in [4.78, 5) is 13.8. The number of piperidine rings is 1. The molecule has 1 fully saturated rings. The van der Waals surface area contributed by atoms with E-state index in [0.717, 1.165) is 19.6 Å². The maximum absolute atomic E-state index is 11.4. The first kappa shape index (κ1) is 15.0. The fourth-order valence-corrected chi connectivity index (χ4v) is 2.79. The molecule has 2 atom stereocenters. The highest BCUT2D eigenvalue weighted by Gasteiger charge is 2.22. The van der Waals surface area contributed by atoms with Gasteiger partial charge in [0, 0.05) is 19.1 Å². The zero-order chi connectivity index (χ0) is 14.5. The minimum atomic E-state index is -0.286. The van der Waals surface area contributed by atoms with Crippen LogP contribution in [0.2, 0.25) is 0 Å². The van der Waals surface area contributed by atoms with Crippen molar-refractivity contribution in [1.29, 1.82) is 0 Å². The van der Waals surface area contributed by atoms with Crippen molar-refractivity contribution in [2.45, 2.75) is 32.4 Å². The summed E-state index contributed by atoms with van der Waals surface area (Å²) >= 11 is 0. The van der Waals surface area contributed by atoms with Crippen molar-refractivity contribution in [3.63, 3.8) is 0 Å². The number of likely N-dealkylation sites (tertiary alicyclic amines) is 1. The van der Waals surface area contributed by atoms with Gasteiger partial charge in [-0.15, -0.1) is 0 Å². The molecule has 110 valence electrons. The van der Waals surface area contributed by atoms with Crippen LogP contribution in [0.15, 0.2) is 24.3 Å². The molecule has 0 saturated carbocycles. The lowest BCUT2D eigenvalue weighted by atomic mass is 9.92. The molecule has 1 saturated heterocycles. The van der Waals surface area contributed by atoms with Crippen LogP contribution in [-0.2, 0) is 11.3 Å². The van der Waals surface area contributed by atoms with Gasteiger partial charge in [-0.2, -0.15) is 0 Å². The van der Waals surface area contributed by atoms with E-state index in [9.17, 15) is 4.79 Å². The van der Waals surface area contributed by atoms with Crippen molar-refractivity contribution < 1.29 is 9.53 Å². The van der Waals surface area contributed by atoms with Gasteiger partial charge in [0.1, 0.15) is 0 Å². The van der Waals surface area contributed by atoms with Gasteiger partial charge in [0.15, 0.2) is 0 Å². The summed E-state index contributed by atoms with van der Waals surface area (Å²) in [6.45, 7) is 5.21. The number of nitrogens with zero attached hydrogens (tertiary/aromatic N) is 1. The summed E-state index contributed by atoms with van der Waals surface area (Å²) in [5, 5.41) is 0. The molecule has 2 rings (SSSR count). The molecule has 0 radical (unpaired) electrons. The Kier molecular flexibility index (Phi) is 5.15. The van der Waals surface area contributed by atoms with Crippen LogP contribution in [0.25, 0.3) is 0 Å². The predicted octanol–water partition coefficient (Wildman–Crippen LogP) is 2.03. The van der Waals surface area contributed by atoms with Crippen molar-refractivity contribution in [3.05, 3.63) is 35.4 Å². The third-order valence-corrected chi connectivity index (χ3v) is 4.07. The van der Waals surface area contributed by atoms with Crippen LogP contribution in [0.1, 0.15) is 35.7 Å². The van der Waals surface area contributed by atoms with Crippen LogP contribution in [0, 0.1) is 5.92 Å². The second-order valence-electron chi connectivity index (χ2n) is 5.69. The molecule has 0 aliphatic carbocycles. The first-order chi connectivity index (χ1) is 9.60. The lowest BCUT2D eigenvalue weighted by Crippen LogP contribution is -2.41. The van der Waals surface area contributed by atoms with Crippen LogP contribution < -0.4 is 5.73 Å². The smallest absolute Gasteiger partial charge is 0.337 e. The Morgan fingerprint density at radius 1 is 1.45 bits per heavy atom. The normalized spacial score (nSPS) is 21.4. The molecule has 0 spiro atoms. The molecule has 20 heavy (non-hydrogen) atoms. The third-order valence-electron chi connectivity index (χ3n) is 4.07. The third kappa shape index (κ3) is 3.81. The highest BCUT2D eigenvalue weighted by molar-refractivity contribution is 5.89.